The van der Waals surface area contributed by atoms with Gasteiger partial charge in [0.2, 0.25) is 5.91 Å². The van der Waals surface area contributed by atoms with Crippen LogP contribution in [0.2, 0.25) is 0 Å². The molecule has 2 aromatic carbocycles. The van der Waals surface area contributed by atoms with Gasteiger partial charge in [-0.25, -0.2) is 4.79 Å². The van der Waals surface area contributed by atoms with Gasteiger partial charge in [0, 0.05) is 18.8 Å². The lowest BCUT2D eigenvalue weighted by molar-refractivity contribution is -0.122. The molecule has 140 valence electrons. The number of carbonyl (C=O) groups excluding carboxylic acids is 2. The van der Waals surface area contributed by atoms with E-state index in [0.29, 0.717) is 19.5 Å². The topological polar surface area (TPSA) is 49.9 Å². The van der Waals surface area contributed by atoms with Gasteiger partial charge in [0.05, 0.1) is 11.1 Å². The van der Waals surface area contributed by atoms with Gasteiger partial charge in [-0.1, -0.05) is 36.4 Å². The number of anilines is 2. The number of fused-ring (bicyclic) bond motifs is 2. The van der Waals surface area contributed by atoms with Gasteiger partial charge in [0.25, 0.3) is 0 Å². The maximum absolute atomic E-state index is 13.6. The van der Waals surface area contributed by atoms with Gasteiger partial charge in [0.1, 0.15) is 5.60 Å². The molecule has 0 aliphatic carbocycles. The number of carbonyl (C=O) groups is 2. The highest BCUT2D eigenvalue weighted by Gasteiger charge is 2.55. The molecule has 1 spiro atoms. The minimum Gasteiger partial charge on any atom is -0.444 e. The smallest absolute Gasteiger partial charge is 0.410 e. The third-order valence-electron chi connectivity index (χ3n) is 5.21. The first-order chi connectivity index (χ1) is 12.8. The Hall–Kier alpha value is -2.82. The Morgan fingerprint density at radius 1 is 1.04 bits per heavy atom. The van der Waals surface area contributed by atoms with E-state index in [0.717, 1.165) is 16.9 Å². The van der Waals surface area contributed by atoms with E-state index in [9.17, 15) is 9.59 Å². The number of amides is 2. The lowest BCUT2D eigenvalue weighted by atomic mass is 9.81. The molecule has 27 heavy (non-hydrogen) atoms. The van der Waals surface area contributed by atoms with Crippen LogP contribution in [0.1, 0.15) is 32.8 Å². The first-order valence-corrected chi connectivity index (χ1v) is 9.29. The van der Waals surface area contributed by atoms with Gasteiger partial charge >= 0.3 is 6.09 Å². The van der Waals surface area contributed by atoms with Crippen molar-refractivity contribution in [3.8, 4) is 0 Å². The average molecular weight is 364 g/mol. The van der Waals surface area contributed by atoms with Gasteiger partial charge in [0.15, 0.2) is 0 Å². The fourth-order valence-corrected chi connectivity index (χ4v) is 4.03. The first-order valence-electron chi connectivity index (χ1n) is 9.29. The summed E-state index contributed by atoms with van der Waals surface area (Å²) < 4.78 is 5.52. The third kappa shape index (κ3) is 2.87. The van der Waals surface area contributed by atoms with E-state index in [1.807, 2.05) is 75.4 Å². The zero-order valence-corrected chi connectivity index (χ0v) is 15.9. The highest BCUT2D eigenvalue weighted by molar-refractivity contribution is 6.13. The summed E-state index contributed by atoms with van der Waals surface area (Å²) in [5.41, 5.74) is 1.48. The molecule has 0 N–H and O–H groups in total. The molecule has 0 radical (unpaired) electrons. The highest BCUT2D eigenvalue weighted by atomic mass is 16.6. The molecule has 2 heterocycles. The van der Waals surface area contributed by atoms with Crippen LogP contribution in [0.3, 0.4) is 0 Å². The van der Waals surface area contributed by atoms with Crippen LogP contribution in [0.4, 0.5) is 16.2 Å². The van der Waals surface area contributed by atoms with Crippen molar-refractivity contribution in [2.75, 3.05) is 18.0 Å². The lowest BCUT2D eigenvalue weighted by Gasteiger charge is -2.27. The van der Waals surface area contributed by atoms with E-state index in [-0.39, 0.29) is 12.0 Å². The monoisotopic (exact) mass is 364 g/mol. The summed E-state index contributed by atoms with van der Waals surface area (Å²) in [6, 6.07) is 17.6. The zero-order chi connectivity index (χ0) is 19.2. The summed E-state index contributed by atoms with van der Waals surface area (Å²) >= 11 is 0. The quantitative estimate of drug-likeness (QED) is 0.760. The van der Waals surface area contributed by atoms with Crippen LogP contribution >= 0.6 is 0 Å². The second kappa shape index (κ2) is 6.12. The third-order valence-corrected chi connectivity index (χ3v) is 5.21. The van der Waals surface area contributed by atoms with Crippen molar-refractivity contribution in [2.45, 2.75) is 38.2 Å². The molecule has 5 heteroatoms. The normalized spacial score (nSPS) is 21.7. The van der Waals surface area contributed by atoms with Crippen LogP contribution in [0.25, 0.3) is 0 Å². The number of para-hydroxylation sites is 2. The molecule has 1 fully saturated rings. The Bertz CT molecular complexity index is 888. The number of benzene rings is 2. The number of ether oxygens (including phenoxy) is 1. The Kier molecular flexibility index (Phi) is 3.98. The minimum atomic E-state index is -0.705. The summed E-state index contributed by atoms with van der Waals surface area (Å²) in [6.07, 6.45) is 0.244. The Morgan fingerprint density at radius 2 is 1.70 bits per heavy atom. The molecule has 1 atom stereocenters. The molecule has 1 saturated heterocycles. The first kappa shape index (κ1) is 17.6. The predicted molar refractivity (Wildman–Crippen MR) is 104 cm³/mol. The second-order valence-corrected chi connectivity index (χ2v) is 8.23. The molecule has 0 bridgehead atoms. The standard InChI is InChI=1S/C22H24N2O3/c1-21(2,3)27-20(26)23-14-13-22(15-23)17-11-7-8-12-18(17)24(19(22)25)16-9-5-4-6-10-16/h4-12H,13-15H2,1-3H3. The second-order valence-electron chi connectivity index (χ2n) is 8.23. The summed E-state index contributed by atoms with van der Waals surface area (Å²) in [6.45, 7) is 6.41. The van der Waals surface area contributed by atoms with Crippen molar-refractivity contribution >= 4 is 23.4 Å². The lowest BCUT2D eigenvalue weighted by Crippen LogP contribution is -2.43. The summed E-state index contributed by atoms with van der Waals surface area (Å²) in [5.74, 6) is 0.0287. The molecule has 2 aromatic rings. The number of hydrogen-bond acceptors (Lipinski definition) is 3. The van der Waals surface area contributed by atoms with Gasteiger partial charge in [-0.3, -0.25) is 9.69 Å². The van der Waals surface area contributed by atoms with Crippen molar-refractivity contribution in [1.82, 2.24) is 4.90 Å². The van der Waals surface area contributed by atoms with Crippen LogP contribution in [0, 0.1) is 0 Å². The van der Waals surface area contributed by atoms with Gasteiger partial charge in [-0.15, -0.1) is 0 Å². The fourth-order valence-electron chi connectivity index (χ4n) is 4.03. The molecule has 5 nitrogen and oxygen atoms in total. The number of likely N-dealkylation sites (tertiary alicyclic amines) is 1. The maximum atomic E-state index is 13.6. The van der Waals surface area contributed by atoms with Crippen LogP contribution in [0.5, 0.6) is 0 Å². The van der Waals surface area contributed by atoms with Crippen LogP contribution in [-0.2, 0) is 14.9 Å². The average Bonchev–Trinajstić information content (AvgIpc) is 3.17. The van der Waals surface area contributed by atoms with Crippen molar-refractivity contribution in [3.63, 3.8) is 0 Å². The molecular formula is C22H24N2O3. The van der Waals surface area contributed by atoms with E-state index in [2.05, 4.69) is 0 Å². The zero-order valence-electron chi connectivity index (χ0n) is 15.9. The summed E-state index contributed by atoms with van der Waals surface area (Å²) in [4.78, 5) is 29.6. The Balaban J connectivity index is 1.70. The SMILES string of the molecule is CC(C)(C)OC(=O)N1CCC2(C1)C(=O)N(c1ccccc1)c1ccccc12. The number of hydrogen-bond donors (Lipinski definition) is 0. The molecule has 2 amide bonds. The van der Waals surface area contributed by atoms with E-state index in [1.54, 1.807) is 9.80 Å². The summed E-state index contributed by atoms with van der Waals surface area (Å²) in [7, 11) is 0. The van der Waals surface area contributed by atoms with Crippen molar-refractivity contribution in [1.29, 1.82) is 0 Å². The van der Waals surface area contributed by atoms with Crippen LogP contribution in [0.15, 0.2) is 54.6 Å². The molecule has 0 saturated carbocycles. The van der Waals surface area contributed by atoms with Crippen molar-refractivity contribution in [3.05, 3.63) is 60.2 Å². The Morgan fingerprint density at radius 3 is 2.41 bits per heavy atom. The van der Waals surface area contributed by atoms with Gasteiger partial charge in [-0.2, -0.15) is 0 Å². The Labute approximate surface area is 159 Å². The van der Waals surface area contributed by atoms with Crippen LogP contribution < -0.4 is 4.90 Å². The van der Waals surface area contributed by atoms with E-state index in [4.69, 9.17) is 4.74 Å². The fraction of sp³-hybridized carbons (Fsp3) is 0.364. The summed E-state index contributed by atoms with van der Waals surface area (Å²) in [5, 5.41) is 0. The van der Waals surface area contributed by atoms with Crippen molar-refractivity contribution in [2.24, 2.45) is 0 Å². The highest BCUT2D eigenvalue weighted by Crippen LogP contribution is 2.49. The van der Waals surface area contributed by atoms with E-state index in [1.165, 1.54) is 0 Å². The minimum absolute atomic E-state index is 0.0287. The molecule has 4 rings (SSSR count). The van der Waals surface area contributed by atoms with E-state index >= 15 is 0 Å². The van der Waals surface area contributed by atoms with Crippen molar-refractivity contribution < 1.29 is 14.3 Å². The molecule has 0 aromatic heterocycles. The van der Waals surface area contributed by atoms with Gasteiger partial charge < -0.3 is 9.64 Å². The molecule has 1 unspecified atom stereocenters. The molecular weight excluding hydrogens is 340 g/mol. The number of nitrogens with zero attached hydrogens (tertiary/aromatic N) is 2. The van der Waals surface area contributed by atoms with E-state index < -0.39 is 11.0 Å². The molecule has 2 aliphatic heterocycles. The predicted octanol–water partition coefficient (Wildman–Crippen LogP) is 4.24. The molecule has 2 aliphatic rings. The van der Waals surface area contributed by atoms with Crippen LogP contribution in [-0.4, -0.2) is 35.6 Å². The van der Waals surface area contributed by atoms with Gasteiger partial charge in [-0.05, 0) is 51.0 Å². The largest absolute Gasteiger partial charge is 0.444 e. The maximum Gasteiger partial charge on any atom is 0.410 e. The number of rotatable bonds is 1.